The summed E-state index contributed by atoms with van der Waals surface area (Å²) in [5.41, 5.74) is 4.32. The van der Waals surface area contributed by atoms with Gasteiger partial charge in [0, 0.05) is 43.8 Å². The van der Waals surface area contributed by atoms with E-state index in [4.69, 9.17) is 0 Å². The molecule has 0 N–H and O–H groups in total. The van der Waals surface area contributed by atoms with Crippen molar-refractivity contribution in [3.63, 3.8) is 0 Å². The van der Waals surface area contributed by atoms with E-state index in [1.54, 1.807) is 16.8 Å². The molecule has 1 atom stereocenters. The van der Waals surface area contributed by atoms with Crippen molar-refractivity contribution < 1.29 is 9.18 Å². The van der Waals surface area contributed by atoms with Gasteiger partial charge in [0.1, 0.15) is 11.4 Å². The minimum atomic E-state index is -0.313. The second-order valence-electron chi connectivity index (χ2n) is 8.90. The van der Waals surface area contributed by atoms with Crippen molar-refractivity contribution >= 4 is 11.6 Å². The highest BCUT2D eigenvalue weighted by atomic mass is 19.1. The Hall–Kier alpha value is -3.87. The van der Waals surface area contributed by atoms with Gasteiger partial charge in [-0.3, -0.25) is 4.79 Å². The highest BCUT2D eigenvalue weighted by molar-refractivity contribution is 5.99. The Morgan fingerprint density at radius 3 is 2.38 bits per heavy atom. The van der Waals surface area contributed by atoms with Gasteiger partial charge in [-0.2, -0.15) is 5.10 Å². The summed E-state index contributed by atoms with van der Waals surface area (Å²) in [5, 5.41) is 4.69. The number of hydrogen-bond acceptors (Lipinski definition) is 3. The molecule has 0 radical (unpaired) electrons. The molecular weight excluding hydrogens is 429 g/mol. The lowest BCUT2D eigenvalue weighted by Crippen LogP contribution is -2.54. The molecule has 174 valence electrons. The number of carbonyl (C=O) groups excluding carboxylic acids is 1. The van der Waals surface area contributed by atoms with Crippen molar-refractivity contribution in [1.82, 2.24) is 19.2 Å². The van der Waals surface area contributed by atoms with E-state index in [9.17, 15) is 9.18 Å². The number of benzene rings is 2. The summed E-state index contributed by atoms with van der Waals surface area (Å²) in [6.07, 6.45) is 3.79. The predicted octanol–water partition coefficient (Wildman–Crippen LogP) is 4.77. The SMILES string of the molecule is Cc1cccc(N2CCN(C(=O)c3c(C)nn(-c4ccc(F)cc4)c3-n3cccc3)C[C@H]2C)c1. The fourth-order valence-corrected chi connectivity index (χ4v) is 4.73. The molecule has 0 aliphatic carbocycles. The maximum Gasteiger partial charge on any atom is 0.259 e. The number of nitrogens with zero attached hydrogens (tertiary/aromatic N) is 5. The molecule has 6 nitrogen and oxygen atoms in total. The summed E-state index contributed by atoms with van der Waals surface area (Å²) in [4.78, 5) is 18.1. The fourth-order valence-electron chi connectivity index (χ4n) is 4.73. The Kier molecular flexibility index (Phi) is 5.69. The van der Waals surface area contributed by atoms with Crippen molar-refractivity contribution in [3.05, 3.63) is 95.7 Å². The van der Waals surface area contributed by atoms with E-state index in [0.717, 1.165) is 6.54 Å². The molecule has 1 aliphatic heterocycles. The van der Waals surface area contributed by atoms with Crippen molar-refractivity contribution in [2.75, 3.05) is 24.5 Å². The number of amides is 1. The van der Waals surface area contributed by atoms with Gasteiger partial charge >= 0.3 is 0 Å². The number of piperazine rings is 1. The lowest BCUT2D eigenvalue weighted by atomic mass is 10.1. The number of anilines is 1. The van der Waals surface area contributed by atoms with Crippen LogP contribution in [0.5, 0.6) is 0 Å². The van der Waals surface area contributed by atoms with E-state index >= 15 is 0 Å². The molecule has 1 fully saturated rings. The minimum Gasteiger partial charge on any atom is -0.365 e. The molecule has 1 aliphatic rings. The van der Waals surface area contributed by atoms with E-state index in [0.29, 0.717) is 35.9 Å². The quantitative estimate of drug-likeness (QED) is 0.444. The lowest BCUT2D eigenvalue weighted by molar-refractivity contribution is 0.0725. The molecule has 0 unspecified atom stereocenters. The zero-order valence-electron chi connectivity index (χ0n) is 19.6. The molecule has 0 bridgehead atoms. The average molecular weight is 458 g/mol. The van der Waals surface area contributed by atoms with Gasteiger partial charge in [-0.15, -0.1) is 0 Å². The van der Waals surface area contributed by atoms with Crippen molar-refractivity contribution in [2.45, 2.75) is 26.8 Å². The molecule has 0 spiro atoms. The van der Waals surface area contributed by atoms with E-state index in [1.165, 1.54) is 23.4 Å². The van der Waals surface area contributed by atoms with Crippen LogP contribution in [0.2, 0.25) is 0 Å². The Morgan fingerprint density at radius 1 is 0.971 bits per heavy atom. The molecular formula is C27H28FN5O. The normalized spacial score (nSPS) is 16.2. The Balaban J connectivity index is 1.48. The summed E-state index contributed by atoms with van der Waals surface area (Å²) in [5.74, 6) is 0.310. The number of hydrogen-bond donors (Lipinski definition) is 0. The largest absolute Gasteiger partial charge is 0.365 e. The van der Waals surface area contributed by atoms with Gasteiger partial charge in [-0.25, -0.2) is 9.07 Å². The summed E-state index contributed by atoms with van der Waals surface area (Å²) >= 11 is 0. The number of rotatable bonds is 4. The van der Waals surface area contributed by atoms with Crippen LogP contribution in [0.1, 0.15) is 28.5 Å². The summed E-state index contributed by atoms with van der Waals surface area (Å²) in [6.45, 7) is 8.12. The van der Waals surface area contributed by atoms with Gasteiger partial charge in [0.15, 0.2) is 5.82 Å². The van der Waals surface area contributed by atoms with Gasteiger partial charge in [-0.05, 0) is 74.9 Å². The monoisotopic (exact) mass is 457 g/mol. The topological polar surface area (TPSA) is 46.3 Å². The van der Waals surface area contributed by atoms with Crippen molar-refractivity contribution in [1.29, 1.82) is 0 Å². The van der Waals surface area contributed by atoms with E-state index in [-0.39, 0.29) is 17.8 Å². The average Bonchev–Trinajstić information content (AvgIpc) is 3.47. The highest BCUT2D eigenvalue weighted by Crippen LogP contribution is 2.27. The van der Waals surface area contributed by atoms with E-state index in [1.807, 2.05) is 40.9 Å². The Bertz CT molecular complexity index is 1310. The molecule has 4 aromatic rings. The third-order valence-corrected chi connectivity index (χ3v) is 6.42. The van der Waals surface area contributed by atoms with Crippen LogP contribution < -0.4 is 4.90 Å². The summed E-state index contributed by atoms with van der Waals surface area (Å²) in [6, 6.07) is 18.6. The Labute approximate surface area is 198 Å². The van der Waals surface area contributed by atoms with E-state index < -0.39 is 0 Å². The van der Waals surface area contributed by atoms with Crippen molar-refractivity contribution in [3.8, 4) is 11.5 Å². The first kappa shape index (κ1) is 21.9. The van der Waals surface area contributed by atoms with Crippen LogP contribution in [0.3, 0.4) is 0 Å². The molecule has 7 heteroatoms. The molecule has 1 amide bonds. The molecule has 2 aromatic carbocycles. The van der Waals surface area contributed by atoms with Gasteiger partial charge in [0.2, 0.25) is 0 Å². The molecule has 3 heterocycles. The van der Waals surface area contributed by atoms with Gasteiger partial charge < -0.3 is 14.4 Å². The van der Waals surface area contributed by atoms with Gasteiger partial charge in [-0.1, -0.05) is 12.1 Å². The second kappa shape index (κ2) is 8.82. The fraction of sp³-hybridized carbons (Fsp3) is 0.259. The lowest BCUT2D eigenvalue weighted by Gasteiger charge is -2.41. The zero-order chi connectivity index (χ0) is 23.8. The standard InChI is InChI=1S/C27H28FN5O/c1-19-7-6-8-24(17-19)32-16-15-31(18-20(32)2)27(34)25-21(3)29-33(23-11-9-22(28)10-12-23)26(25)30-13-4-5-14-30/h4-14,17,20H,15-16,18H2,1-3H3/t20-/m1/s1. The number of aromatic nitrogens is 3. The van der Waals surface area contributed by atoms with Gasteiger partial charge in [0.05, 0.1) is 11.4 Å². The third kappa shape index (κ3) is 3.98. The Morgan fingerprint density at radius 2 is 1.71 bits per heavy atom. The molecule has 5 rings (SSSR count). The first-order valence-electron chi connectivity index (χ1n) is 11.5. The first-order valence-corrected chi connectivity index (χ1v) is 11.5. The molecule has 34 heavy (non-hydrogen) atoms. The van der Waals surface area contributed by atoms with Crippen LogP contribution in [0.15, 0.2) is 73.1 Å². The van der Waals surface area contributed by atoms with Crippen LogP contribution in [0.25, 0.3) is 11.5 Å². The van der Waals surface area contributed by atoms with Crippen LogP contribution in [-0.4, -0.2) is 50.8 Å². The van der Waals surface area contributed by atoms with E-state index in [2.05, 4.69) is 48.1 Å². The van der Waals surface area contributed by atoms with Crippen LogP contribution in [0, 0.1) is 19.7 Å². The minimum absolute atomic E-state index is 0.0368. The number of aryl methyl sites for hydroxylation is 2. The molecule has 1 saturated heterocycles. The maximum absolute atomic E-state index is 13.9. The third-order valence-electron chi connectivity index (χ3n) is 6.42. The summed E-state index contributed by atoms with van der Waals surface area (Å²) in [7, 11) is 0. The number of carbonyl (C=O) groups is 1. The first-order chi connectivity index (χ1) is 16.4. The predicted molar refractivity (Wildman–Crippen MR) is 131 cm³/mol. The molecule has 2 aromatic heterocycles. The second-order valence-corrected chi connectivity index (χ2v) is 8.90. The molecule has 0 saturated carbocycles. The summed E-state index contributed by atoms with van der Waals surface area (Å²) < 4.78 is 17.2. The van der Waals surface area contributed by atoms with Crippen LogP contribution in [0.4, 0.5) is 10.1 Å². The number of halogens is 1. The van der Waals surface area contributed by atoms with Gasteiger partial charge in [0.25, 0.3) is 5.91 Å². The van der Waals surface area contributed by atoms with Crippen LogP contribution in [-0.2, 0) is 0 Å². The highest BCUT2D eigenvalue weighted by Gasteiger charge is 2.32. The smallest absolute Gasteiger partial charge is 0.259 e. The zero-order valence-corrected chi connectivity index (χ0v) is 19.6. The van der Waals surface area contributed by atoms with Crippen molar-refractivity contribution in [2.24, 2.45) is 0 Å². The van der Waals surface area contributed by atoms with Crippen LogP contribution >= 0.6 is 0 Å². The maximum atomic E-state index is 13.9.